The Hall–Kier alpha value is -3.02. The second kappa shape index (κ2) is 8.99. The maximum atomic E-state index is 13.0. The summed E-state index contributed by atoms with van der Waals surface area (Å²) in [7, 11) is 0. The number of rotatable bonds is 8. The van der Waals surface area contributed by atoms with E-state index in [1.54, 1.807) is 12.1 Å². The second-order valence-electron chi connectivity index (χ2n) is 7.94. The van der Waals surface area contributed by atoms with Crippen LogP contribution in [-0.4, -0.2) is 22.1 Å². The van der Waals surface area contributed by atoms with Gasteiger partial charge in [0.1, 0.15) is 5.82 Å². The Labute approximate surface area is 170 Å². The van der Waals surface area contributed by atoms with Crippen molar-refractivity contribution in [2.75, 3.05) is 0 Å². The Bertz CT molecular complexity index is 936. The number of halogens is 1. The lowest BCUT2D eigenvalue weighted by molar-refractivity contribution is -0.121. The summed E-state index contributed by atoms with van der Waals surface area (Å²) < 4.78 is 18.2. The topological polar surface area (TPSA) is 68.0 Å². The van der Waals surface area contributed by atoms with E-state index in [0.717, 1.165) is 6.42 Å². The highest BCUT2D eigenvalue weighted by Gasteiger charge is 2.24. The first-order valence-corrected chi connectivity index (χ1v) is 9.77. The van der Waals surface area contributed by atoms with Gasteiger partial charge in [-0.15, -0.1) is 0 Å². The van der Waals surface area contributed by atoms with Crippen LogP contribution in [0.15, 0.2) is 59.1 Å². The van der Waals surface area contributed by atoms with Crippen LogP contribution in [0.3, 0.4) is 0 Å². The van der Waals surface area contributed by atoms with Gasteiger partial charge >= 0.3 is 0 Å². The standard InChI is InChI=1S/C23H26FN3O2/c1-16(15-23(2,3)18-7-5-4-6-8-18)25-20(28)13-14-21-26-22(27-29-21)17-9-11-19(24)12-10-17/h4-12,16H,13-15H2,1-3H3,(H,25,28). The fourth-order valence-corrected chi connectivity index (χ4v) is 3.46. The van der Waals surface area contributed by atoms with E-state index in [9.17, 15) is 9.18 Å². The van der Waals surface area contributed by atoms with E-state index in [1.165, 1.54) is 17.7 Å². The average Bonchev–Trinajstić information content (AvgIpc) is 3.16. The van der Waals surface area contributed by atoms with Gasteiger partial charge in [0.05, 0.1) is 0 Å². The van der Waals surface area contributed by atoms with Crippen molar-refractivity contribution in [2.24, 2.45) is 0 Å². The number of aromatic nitrogens is 2. The summed E-state index contributed by atoms with van der Waals surface area (Å²) >= 11 is 0. The molecule has 0 saturated heterocycles. The van der Waals surface area contributed by atoms with Crippen LogP contribution in [0, 0.1) is 5.82 Å². The smallest absolute Gasteiger partial charge is 0.227 e. The maximum absolute atomic E-state index is 13.0. The van der Waals surface area contributed by atoms with Crippen LogP contribution in [0.25, 0.3) is 11.4 Å². The molecule has 1 aromatic heterocycles. The molecule has 29 heavy (non-hydrogen) atoms. The predicted molar refractivity (Wildman–Crippen MR) is 110 cm³/mol. The van der Waals surface area contributed by atoms with Gasteiger partial charge in [-0.1, -0.05) is 49.3 Å². The first-order chi connectivity index (χ1) is 13.8. The molecule has 3 aromatic rings. The quantitative estimate of drug-likeness (QED) is 0.601. The fraction of sp³-hybridized carbons (Fsp3) is 0.348. The van der Waals surface area contributed by atoms with Crippen molar-refractivity contribution in [1.29, 1.82) is 0 Å². The van der Waals surface area contributed by atoms with Crippen molar-refractivity contribution < 1.29 is 13.7 Å². The molecule has 0 fully saturated rings. The molecule has 1 amide bonds. The molecule has 1 heterocycles. The molecule has 0 aliphatic carbocycles. The Morgan fingerprint density at radius 1 is 1.14 bits per heavy atom. The van der Waals surface area contributed by atoms with Gasteiger partial charge in [0.2, 0.25) is 17.6 Å². The van der Waals surface area contributed by atoms with Crippen LogP contribution in [0.2, 0.25) is 0 Å². The molecular weight excluding hydrogens is 369 g/mol. The van der Waals surface area contributed by atoms with E-state index >= 15 is 0 Å². The minimum atomic E-state index is -0.321. The highest BCUT2D eigenvalue weighted by molar-refractivity contribution is 5.76. The summed E-state index contributed by atoms with van der Waals surface area (Å²) in [6.45, 7) is 6.38. The van der Waals surface area contributed by atoms with Gasteiger partial charge < -0.3 is 9.84 Å². The molecule has 0 spiro atoms. The minimum absolute atomic E-state index is 0.0372. The monoisotopic (exact) mass is 395 g/mol. The van der Waals surface area contributed by atoms with Gasteiger partial charge in [0.25, 0.3) is 0 Å². The first-order valence-electron chi connectivity index (χ1n) is 9.77. The minimum Gasteiger partial charge on any atom is -0.354 e. The molecule has 0 bridgehead atoms. The summed E-state index contributed by atoms with van der Waals surface area (Å²) in [6.07, 6.45) is 1.45. The van der Waals surface area contributed by atoms with Gasteiger partial charge in [-0.05, 0) is 48.6 Å². The Morgan fingerprint density at radius 2 is 1.83 bits per heavy atom. The summed E-state index contributed by atoms with van der Waals surface area (Å²) in [5.41, 5.74) is 1.88. The van der Waals surface area contributed by atoms with E-state index in [4.69, 9.17) is 4.52 Å². The molecule has 0 saturated carbocycles. The van der Waals surface area contributed by atoms with Crippen LogP contribution in [0.5, 0.6) is 0 Å². The lowest BCUT2D eigenvalue weighted by atomic mass is 9.79. The molecule has 3 rings (SSSR count). The molecule has 1 N–H and O–H groups in total. The molecule has 6 heteroatoms. The number of nitrogens with zero attached hydrogens (tertiary/aromatic N) is 2. The predicted octanol–water partition coefficient (Wildman–Crippen LogP) is 4.68. The Balaban J connectivity index is 1.49. The third-order valence-corrected chi connectivity index (χ3v) is 4.92. The zero-order chi connectivity index (χ0) is 20.9. The van der Waals surface area contributed by atoms with Crippen LogP contribution in [0.4, 0.5) is 4.39 Å². The molecular formula is C23H26FN3O2. The van der Waals surface area contributed by atoms with Crippen LogP contribution >= 0.6 is 0 Å². The molecule has 1 unspecified atom stereocenters. The number of carbonyl (C=O) groups is 1. The van der Waals surface area contributed by atoms with Crippen molar-refractivity contribution in [3.63, 3.8) is 0 Å². The van der Waals surface area contributed by atoms with E-state index < -0.39 is 0 Å². The third kappa shape index (κ3) is 5.73. The Morgan fingerprint density at radius 3 is 2.52 bits per heavy atom. The summed E-state index contributed by atoms with van der Waals surface area (Å²) in [6, 6.07) is 16.2. The van der Waals surface area contributed by atoms with Crippen molar-refractivity contribution in [2.45, 2.75) is 51.5 Å². The number of nitrogens with one attached hydrogen (secondary N) is 1. The molecule has 0 radical (unpaired) electrons. The van der Waals surface area contributed by atoms with E-state index in [2.05, 4.69) is 41.4 Å². The second-order valence-corrected chi connectivity index (χ2v) is 7.94. The van der Waals surface area contributed by atoms with Gasteiger partial charge in [-0.2, -0.15) is 4.98 Å². The molecule has 5 nitrogen and oxygen atoms in total. The lowest BCUT2D eigenvalue weighted by Crippen LogP contribution is -2.37. The number of benzene rings is 2. The third-order valence-electron chi connectivity index (χ3n) is 4.92. The fourth-order valence-electron chi connectivity index (χ4n) is 3.46. The number of aryl methyl sites for hydroxylation is 1. The highest BCUT2D eigenvalue weighted by atomic mass is 19.1. The van der Waals surface area contributed by atoms with Crippen LogP contribution in [0.1, 0.15) is 45.1 Å². The molecule has 1 atom stereocenters. The number of hydrogen-bond donors (Lipinski definition) is 1. The molecule has 0 aliphatic rings. The van der Waals surface area contributed by atoms with E-state index in [0.29, 0.717) is 23.7 Å². The zero-order valence-corrected chi connectivity index (χ0v) is 17.0. The average molecular weight is 395 g/mol. The lowest BCUT2D eigenvalue weighted by Gasteiger charge is -2.29. The van der Waals surface area contributed by atoms with Crippen molar-refractivity contribution in [1.82, 2.24) is 15.5 Å². The highest BCUT2D eigenvalue weighted by Crippen LogP contribution is 2.28. The molecule has 0 aliphatic heterocycles. The molecule has 152 valence electrons. The van der Waals surface area contributed by atoms with Crippen molar-refractivity contribution in [3.05, 3.63) is 71.9 Å². The van der Waals surface area contributed by atoms with Gasteiger partial charge in [0, 0.05) is 24.4 Å². The maximum Gasteiger partial charge on any atom is 0.227 e. The number of amides is 1. The van der Waals surface area contributed by atoms with Gasteiger partial charge in [0.15, 0.2) is 0 Å². The Kier molecular flexibility index (Phi) is 6.42. The van der Waals surface area contributed by atoms with Crippen LogP contribution < -0.4 is 5.32 Å². The largest absolute Gasteiger partial charge is 0.354 e. The SMILES string of the molecule is CC(CC(C)(C)c1ccccc1)NC(=O)CCc1nc(-c2ccc(F)cc2)no1. The van der Waals surface area contributed by atoms with E-state index in [1.807, 2.05) is 25.1 Å². The van der Waals surface area contributed by atoms with Crippen LogP contribution in [-0.2, 0) is 16.6 Å². The summed E-state index contributed by atoms with van der Waals surface area (Å²) in [5.74, 6) is 0.400. The van der Waals surface area contributed by atoms with Crippen molar-refractivity contribution in [3.8, 4) is 11.4 Å². The summed E-state index contributed by atoms with van der Waals surface area (Å²) in [4.78, 5) is 16.6. The van der Waals surface area contributed by atoms with E-state index in [-0.39, 0.29) is 29.6 Å². The number of carbonyl (C=O) groups excluding carboxylic acids is 1. The van der Waals surface area contributed by atoms with Crippen molar-refractivity contribution >= 4 is 5.91 Å². The zero-order valence-electron chi connectivity index (χ0n) is 17.0. The van der Waals surface area contributed by atoms with Gasteiger partial charge in [-0.3, -0.25) is 4.79 Å². The molecule has 2 aromatic carbocycles. The normalized spacial score (nSPS) is 12.6. The number of hydrogen-bond acceptors (Lipinski definition) is 4. The summed E-state index contributed by atoms with van der Waals surface area (Å²) in [5, 5.41) is 6.95. The first kappa shape index (κ1) is 20.7. The van der Waals surface area contributed by atoms with Gasteiger partial charge in [-0.25, -0.2) is 4.39 Å².